The van der Waals surface area contributed by atoms with E-state index in [1.54, 1.807) is 11.9 Å². The molecule has 0 radical (unpaired) electrons. The SMILES string of the molecule is C.CCC(=O)N1CCC(N(C)C(=O)Nc2cnc(-c3cc(F)ccc3F)cn2)CC1. The van der Waals surface area contributed by atoms with Gasteiger partial charge in [-0.25, -0.2) is 18.6 Å². The molecule has 3 amide bonds. The first kappa shape index (κ1) is 23.2. The summed E-state index contributed by atoms with van der Waals surface area (Å²) >= 11 is 0. The maximum Gasteiger partial charge on any atom is 0.323 e. The Hall–Kier alpha value is -3.10. The van der Waals surface area contributed by atoms with E-state index in [1.807, 2.05) is 11.8 Å². The molecule has 9 heteroatoms. The van der Waals surface area contributed by atoms with E-state index in [4.69, 9.17) is 0 Å². The predicted octanol–water partition coefficient (Wildman–Crippen LogP) is 3.92. The quantitative estimate of drug-likeness (QED) is 0.815. The first-order valence-corrected chi connectivity index (χ1v) is 9.48. The molecule has 1 fully saturated rings. The Morgan fingerprint density at radius 3 is 2.50 bits per heavy atom. The van der Waals surface area contributed by atoms with Crippen LogP contribution in [0.15, 0.2) is 30.6 Å². The highest BCUT2D eigenvalue weighted by molar-refractivity contribution is 5.88. The molecule has 162 valence electrons. The van der Waals surface area contributed by atoms with Crippen molar-refractivity contribution in [2.24, 2.45) is 0 Å². The third-order valence-corrected chi connectivity index (χ3v) is 5.08. The molecule has 1 aliphatic rings. The van der Waals surface area contributed by atoms with Crippen LogP contribution in [0.5, 0.6) is 0 Å². The number of anilines is 1. The van der Waals surface area contributed by atoms with Crippen LogP contribution < -0.4 is 5.32 Å². The molecule has 1 aromatic carbocycles. The summed E-state index contributed by atoms with van der Waals surface area (Å²) in [5.41, 5.74) is 0.169. The molecule has 1 aromatic heterocycles. The highest BCUT2D eigenvalue weighted by atomic mass is 19.1. The smallest absolute Gasteiger partial charge is 0.323 e. The van der Waals surface area contributed by atoms with Gasteiger partial charge >= 0.3 is 6.03 Å². The topological polar surface area (TPSA) is 78.4 Å². The van der Waals surface area contributed by atoms with E-state index in [0.29, 0.717) is 32.4 Å². The van der Waals surface area contributed by atoms with Crippen LogP contribution in [-0.2, 0) is 4.79 Å². The third-order valence-electron chi connectivity index (χ3n) is 5.08. The Kier molecular flexibility index (Phi) is 7.79. The molecule has 0 aliphatic carbocycles. The van der Waals surface area contributed by atoms with Gasteiger partial charge < -0.3 is 9.80 Å². The molecule has 0 bridgehead atoms. The van der Waals surface area contributed by atoms with Crippen LogP contribution in [-0.4, -0.2) is 57.9 Å². The molecule has 30 heavy (non-hydrogen) atoms. The van der Waals surface area contributed by atoms with Crippen LogP contribution in [0.25, 0.3) is 11.3 Å². The molecule has 0 unspecified atom stereocenters. The van der Waals surface area contributed by atoms with Crippen molar-refractivity contribution >= 4 is 17.8 Å². The number of carbonyl (C=O) groups is 2. The predicted molar refractivity (Wildman–Crippen MR) is 111 cm³/mol. The van der Waals surface area contributed by atoms with Gasteiger partial charge in [0.05, 0.1) is 18.1 Å². The first-order valence-electron chi connectivity index (χ1n) is 9.48. The Balaban J connectivity index is 0.00000320. The number of nitrogens with zero attached hydrogens (tertiary/aromatic N) is 4. The normalized spacial score (nSPS) is 14.1. The summed E-state index contributed by atoms with van der Waals surface area (Å²) in [5, 5.41) is 2.65. The molecular weight excluding hydrogens is 392 g/mol. The molecule has 0 atom stereocenters. The number of piperidine rings is 1. The molecule has 1 saturated heterocycles. The van der Waals surface area contributed by atoms with Crippen molar-refractivity contribution in [2.75, 3.05) is 25.5 Å². The minimum atomic E-state index is -0.606. The van der Waals surface area contributed by atoms with Crippen molar-refractivity contribution < 1.29 is 18.4 Å². The molecule has 7 nitrogen and oxygen atoms in total. The van der Waals surface area contributed by atoms with Gasteiger partial charge in [-0.2, -0.15) is 0 Å². The molecule has 1 N–H and O–H groups in total. The van der Waals surface area contributed by atoms with Crippen LogP contribution >= 0.6 is 0 Å². The van der Waals surface area contributed by atoms with E-state index < -0.39 is 11.6 Å². The maximum atomic E-state index is 13.8. The second kappa shape index (κ2) is 10.1. The van der Waals surface area contributed by atoms with Gasteiger partial charge in [-0.05, 0) is 31.0 Å². The Labute approximate surface area is 175 Å². The van der Waals surface area contributed by atoms with E-state index in [0.717, 1.165) is 18.2 Å². The van der Waals surface area contributed by atoms with Crippen molar-refractivity contribution in [1.82, 2.24) is 19.8 Å². The van der Waals surface area contributed by atoms with E-state index in [-0.39, 0.29) is 42.5 Å². The first-order chi connectivity index (χ1) is 13.9. The lowest BCUT2D eigenvalue weighted by Gasteiger charge is -2.36. The summed E-state index contributed by atoms with van der Waals surface area (Å²) in [6.07, 6.45) is 4.48. The van der Waals surface area contributed by atoms with Gasteiger partial charge in [0, 0.05) is 38.2 Å². The number of benzene rings is 1. The van der Waals surface area contributed by atoms with Crippen molar-refractivity contribution in [3.63, 3.8) is 0 Å². The van der Waals surface area contributed by atoms with Crippen molar-refractivity contribution in [2.45, 2.75) is 39.7 Å². The van der Waals surface area contributed by atoms with Crippen LogP contribution in [0.2, 0.25) is 0 Å². The zero-order valence-electron chi connectivity index (χ0n) is 16.4. The zero-order valence-corrected chi connectivity index (χ0v) is 16.4. The monoisotopic (exact) mass is 419 g/mol. The molecule has 2 aromatic rings. The van der Waals surface area contributed by atoms with Crippen molar-refractivity contribution in [3.05, 3.63) is 42.2 Å². The summed E-state index contributed by atoms with van der Waals surface area (Å²) in [6.45, 7) is 3.09. The standard InChI is InChI=1S/C20H23F2N5O2.CH4/c1-3-19(28)27-8-6-14(7-9-27)26(2)20(29)25-18-12-23-17(11-24-18)15-10-13(21)4-5-16(15)22;/h4-5,10-12,14H,3,6-9H2,1-2H3,(H,24,25,29);1H4. The zero-order chi connectivity index (χ0) is 21.0. The van der Waals surface area contributed by atoms with Gasteiger partial charge in [-0.3, -0.25) is 15.1 Å². The van der Waals surface area contributed by atoms with E-state index >= 15 is 0 Å². The molecule has 1 aliphatic heterocycles. The van der Waals surface area contributed by atoms with Gasteiger partial charge in [0.1, 0.15) is 11.6 Å². The fourth-order valence-corrected chi connectivity index (χ4v) is 3.32. The summed E-state index contributed by atoms with van der Waals surface area (Å²) in [6, 6.07) is 2.77. The third kappa shape index (κ3) is 5.28. The van der Waals surface area contributed by atoms with Gasteiger partial charge in [-0.15, -0.1) is 0 Å². The Morgan fingerprint density at radius 1 is 1.20 bits per heavy atom. The summed E-state index contributed by atoms with van der Waals surface area (Å²) in [4.78, 5) is 35.8. The molecule has 0 saturated carbocycles. The van der Waals surface area contributed by atoms with Gasteiger partial charge in [-0.1, -0.05) is 14.4 Å². The number of urea groups is 1. The lowest BCUT2D eigenvalue weighted by molar-refractivity contribution is -0.132. The van der Waals surface area contributed by atoms with Crippen LogP contribution in [0, 0.1) is 11.6 Å². The number of halogens is 2. The highest BCUT2D eigenvalue weighted by Gasteiger charge is 2.27. The Morgan fingerprint density at radius 2 is 1.90 bits per heavy atom. The average molecular weight is 419 g/mol. The lowest BCUT2D eigenvalue weighted by atomic mass is 10.0. The minimum absolute atomic E-state index is 0. The number of amides is 3. The molecule has 2 heterocycles. The fraction of sp³-hybridized carbons (Fsp3) is 0.429. The second-order valence-corrected chi connectivity index (χ2v) is 6.92. The largest absolute Gasteiger partial charge is 0.343 e. The fourth-order valence-electron chi connectivity index (χ4n) is 3.32. The van der Waals surface area contributed by atoms with E-state index in [9.17, 15) is 18.4 Å². The number of hydrogen-bond donors (Lipinski definition) is 1. The number of aromatic nitrogens is 2. The molecule has 3 rings (SSSR count). The van der Waals surface area contributed by atoms with Crippen LogP contribution in [0.4, 0.5) is 19.4 Å². The van der Waals surface area contributed by atoms with E-state index in [2.05, 4.69) is 15.3 Å². The van der Waals surface area contributed by atoms with Crippen molar-refractivity contribution in [3.8, 4) is 11.3 Å². The van der Waals surface area contributed by atoms with Gasteiger partial charge in [0.25, 0.3) is 0 Å². The van der Waals surface area contributed by atoms with Gasteiger partial charge in [0.15, 0.2) is 5.82 Å². The number of likely N-dealkylation sites (tertiary alicyclic amines) is 1. The maximum absolute atomic E-state index is 13.8. The number of hydrogen-bond acceptors (Lipinski definition) is 4. The summed E-state index contributed by atoms with van der Waals surface area (Å²) < 4.78 is 27.2. The number of nitrogens with one attached hydrogen (secondary N) is 1. The van der Waals surface area contributed by atoms with Crippen molar-refractivity contribution in [1.29, 1.82) is 0 Å². The van der Waals surface area contributed by atoms with E-state index in [1.165, 1.54) is 12.4 Å². The van der Waals surface area contributed by atoms with Crippen LogP contribution in [0.3, 0.4) is 0 Å². The Bertz CT molecular complexity index is 883. The van der Waals surface area contributed by atoms with Crippen LogP contribution in [0.1, 0.15) is 33.6 Å². The lowest BCUT2D eigenvalue weighted by Crippen LogP contribution is -2.48. The summed E-state index contributed by atoms with van der Waals surface area (Å²) in [5.74, 6) is -0.847. The highest BCUT2D eigenvalue weighted by Crippen LogP contribution is 2.22. The molecular formula is C21H27F2N5O2. The van der Waals surface area contributed by atoms with Gasteiger partial charge in [0.2, 0.25) is 5.91 Å². The molecule has 0 spiro atoms. The number of carbonyl (C=O) groups excluding carboxylic acids is 2. The number of rotatable bonds is 4. The average Bonchev–Trinajstić information content (AvgIpc) is 2.75. The summed E-state index contributed by atoms with van der Waals surface area (Å²) in [7, 11) is 1.70. The second-order valence-electron chi connectivity index (χ2n) is 6.92. The minimum Gasteiger partial charge on any atom is -0.343 e.